The Balaban J connectivity index is 2.27. The zero-order chi connectivity index (χ0) is 24.8. The number of rotatable bonds is 9. The molecule has 0 aliphatic rings. The molecule has 0 amide bonds. The summed E-state index contributed by atoms with van der Waals surface area (Å²) in [4.78, 5) is 24.7. The van der Waals surface area contributed by atoms with Crippen LogP contribution in [0.25, 0.3) is 10.8 Å². The maximum absolute atomic E-state index is 14.3. The molecule has 3 rings (SSSR count). The predicted octanol–water partition coefficient (Wildman–Crippen LogP) is 7.17. The first kappa shape index (κ1) is 25.2. The number of hydrogen-bond acceptors (Lipinski definition) is 8. The number of carbonyl (C=O) groups is 1. The van der Waals surface area contributed by atoms with Crippen LogP contribution < -0.4 is 15.0 Å². The average molecular weight is 485 g/mol. The lowest BCUT2D eigenvalue weighted by atomic mass is 9.97. The SMILES string of the molecule is COc1cc(C(CC=C(C)C)SC(=O)c2ccccc2F)c(OC)c2c(N=O)ccc(NO)c12. The minimum Gasteiger partial charge on any atom is -0.496 e. The molecular formula is C25H25FN2O5S. The van der Waals surface area contributed by atoms with Crippen LogP contribution in [0.4, 0.5) is 15.8 Å². The molecule has 3 aromatic rings. The smallest absolute Gasteiger partial charge is 0.222 e. The predicted molar refractivity (Wildman–Crippen MR) is 133 cm³/mol. The Morgan fingerprint density at radius 1 is 1.18 bits per heavy atom. The van der Waals surface area contributed by atoms with Crippen LogP contribution in [0.2, 0.25) is 0 Å². The van der Waals surface area contributed by atoms with Gasteiger partial charge in [-0.1, -0.05) is 35.5 Å². The zero-order valence-electron chi connectivity index (χ0n) is 19.2. The number of allylic oxidation sites excluding steroid dienone is 2. The number of nitrogens with one attached hydrogen (secondary N) is 1. The Morgan fingerprint density at radius 2 is 1.91 bits per heavy atom. The van der Waals surface area contributed by atoms with Crippen LogP contribution in [0, 0.1) is 10.7 Å². The minimum absolute atomic E-state index is 0.0246. The first-order valence-electron chi connectivity index (χ1n) is 10.4. The van der Waals surface area contributed by atoms with Crippen LogP contribution in [0.5, 0.6) is 11.5 Å². The molecule has 9 heteroatoms. The fourth-order valence-corrected chi connectivity index (χ4v) is 4.74. The van der Waals surface area contributed by atoms with Gasteiger partial charge in [0.25, 0.3) is 0 Å². The van der Waals surface area contributed by atoms with Gasteiger partial charge in [0.05, 0.1) is 36.2 Å². The van der Waals surface area contributed by atoms with E-state index in [9.17, 15) is 19.3 Å². The largest absolute Gasteiger partial charge is 0.496 e. The van der Waals surface area contributed by atoms with E-state index in [0.29, 0.717) is 39.9 Å². The highest BCUT2D eigenvalue weighted by molar-refractivity contribution is 8.14. The molecule has 3 aromatic carbocycles. The van der Waals surface area contributed by atoms with Gasteiger partial charge in [-0.05, 0) is 55.8 Å². The van der Waals surface area contributed by atoms with E-state index in [4.69, 9.17) is 9.47 Å². The van der Waals surface area contributed by atoms with Crippen molar-refractivity contribution in [3.63, 3.8) is 0 Å². The second kappa shape index (κ2) is 11.1. The fraction of sp³-hybridized carbons (Fsp3) is 0.240. The third-order valence-corrected chi connectivity index (χ3v) is 6.44. The standard InChI is InChI=1S/C25H25FN2O5S/c1-14(2)9-12-21(34-25(29)15-7-5-6-8-17(15)26)16-13-20(32-3)22-18(27-30)10-11-19(28-31)23(22)24(16)33-4/h5-11,13,21,27,30H,12H2,1-4H3. The number of hydrogen-bond donors (Lipinski definition) is 2. The molecule has 0 bridgehead atoms. The number of methoxy groups -OCH3 is 2. The van der Waals surface area contributed by atoms with Crippen LogP contribution in [-0.4, -0.2) is 24.5 Å². The molecule has 0 saturated carbocycles. The minimum atomic E-state index is -0.602. The molecule has 7 nitrogen and oxygen atoms in total. The summed E-state index contributed by atoms with van der Waals surface area (Å²) in [6.45, 7) is 3.87. The van der Waals surface area contributed by atoms with E-state index in [-0.39, 0.29) is 11.3 Å². The Bertz CT molecular complexity index is 1260. The second-order valence-electron chi connectivity index (χ2n) is 7.68. The summed E-state index contributed by atoms with van der Waals surface area (Å²) in [5.74, 6) is 0.0487. The Morgan fingerprint density at radius 3 is 2.50 bits per heavy atom. The van der Waals surface area contributed by atoms with Crippen molar-refractivity contribution in [2.24, 2.45) is 5.18 Å². The van der Waals surface area contributed by atoms with Gasteiger partial charge < -0.3 is 9.47 Å². The molecule has 2 N–H and O–H groups in total. The molecule has 0 aliphatic heterocycles. The number of nitrogens with zero attached hydrogens (tertiary/aromatic N) is 1. The van der Waals surface area contributed by atoms with Crippen molar-refractivity contribution < 1.29 is 23.9 Å². The number of nitroso groups, excluding NO2 is 1. The molecule has 1 unspecified atom stereocenters. The molecule has 1 atom stereocenters. The van der Waals surface area contributed by atoms with E-state index in [1.54, 1.807) is 12.1 Å². The van der Waals surface area contributed by atoms with E-state index in [0.717, 1.165) is 17.3 Å². The Kier molecular flexibility index (Phi) is 8.25. The van der Waals surface area contributed by atoms with Gasteiger partial charge in [0, 0.05) is 10.8 Å². The van der Waals surface area contributed by atoms with Gasteiger partial charge >= 0.3 is 0 Å². The van der Waals surface area contributed by atoms with Gasteiger partial charge in [-0.25, -0.2) is 4.39 Å². The third-order valence-electron chi connectivity index (χ3n) is 5.28. The van der Waals surface area contributed by atoms with Crippen LogP contribution in [0.15, 0.2) is 59.3 Å². The summed E-state index contributed by atoms with van der Waals surface area (Å²) in [6, 6.07) is 10.4. The summed E-state index contributed by atoms with van der Waals surface area (Å²) < 4.78 is 25.6. The summed E-state index contributed by atoms with van der Waals surface area (Å²) in [5, 5.41) is 12.5. The first-order chi connectivity index (χ1) is 16.4. The fourth-order valence-electron chi connectivity index (χ4n) is 3.69. The van der Waals surface area contributed by atoms with Crippen LogP contribution in [0.3, 0.4) is 0 Å². The van der Waals surface area contributed by atoms with Crippen LogP contribution in [0.1, 0.15) is 41.4 Å². The van der Waals surface area contributed by atoms with Crippen molar-refractivity contribution in [2.75, 3.05) is 19.7 Å². The normalized spacial score (nSPS) is 11.6. The van der Waals surface area contributed by atoms with Crippen LogP contribution in [-0.2, 0) is 0 Å². The van der Waals surface area contributed by atoms with Gasteiger partial charge in [0.1, 0.15) is 23.0 Å². The lowest BCUT2D eigenvalue weighted by Crippen LogP contribution is -2.06. The van der Waals surface area contributed by atoms with Crippen molar-refractivity contribution >= 4 is 39.0 Å². The van der Waals surface area contributed by atoms with Crippen molar-refractivity contribution in [3.8, 4) is 11.5 Å². The zero-order valence-corrected chi connectivity index (χ0v) is 20.0. The number of carbonyl (C=O) groups excluding carboxylic acids is 1. The summed E-state index contributed by atoms with van der Waals surface area (Å²) in [6.07, 6.45) is 2.40. The topological polar surface area (TPSA) is 97.2 Å². The van der Waals surface area contributed by atoms with Crippen molar-refractivity contribution in [3.05, 3.63) is 76.0 Å². The van der Waals surface area contributed by atoms with Crippen molar-refractivity contribution in [1.29, 1.82) is 0 Å². The number of thioether (sulfide) groups is 1. The van der Waals surface area contributed by atoms with E-state index >= 15 is 0 Å². The molecule has 0 fully saturated rings. The molecular weight excluding hydrogens is 459 g/mol. The van der Waals surface area contributed by atoms with E-state index in [1.165, 1.54) is 44.6 Å². The number of anilines is 1. The number of benzene rings is 3. The van der Waals surface area contributed by atoms with Gasteiger partial charge in [0.15, 0.2) is 0 Å². The highest BCUT2D eigenvalue weighted by Gasteiger charge is 2.27. The van der Waals surface area contributed by atoms with Gasteiger partial charge in [0.2, 0.25) is 5.12 Å². The molecule has 34 heavy (non-hydrogen) atoms. The molecule has 0 saturated heterocycles. The third kappa shape index (κ3) is 5.05. The van der Waals surface area contributed by atoms with E-state index < -0.39 is 16.2 Å². The van der Waals surface area contributed by atoms with Crippen molar-refractivity contribution in [1.82, 2.24) is 0 Å². The monoisotopic (exact) mass is 484 g/mol. The molecule has 0 heterocycles. The van der Waals surface area contributed by atoms with Crippen LogP contribution >= 0.6 is 11.8 Å². The number of halogens is 1. The van der Waals surface area contributed by atoms with E-state index in [2.05, 4.69) is 10.7 Å². The lowest BCUT2D eigenvalue weighted by molar-refractivity contribution is 0.108. The first-order valence-corrected chi connectivity index (χ1v) is 11.3. The average Bonchev–Trinajstić information content (AvgIpc) is 2.84. The Hall–Kier alpha value is -3.43. The maximum Gasteiger partial charge on any atom is 0.222 e. The molecule has 0 aliphatic carbocycles. The lowest BCUT2D eigenvalue weighted by Gasteiger charge is -2.22. The summed E-state index contributed by atoms with van der Waals surface area (Å²) in [5.41, 5.74) is 4.06. The highest BCUT2D eigenvalue weighted by atomic mass is 32.2. The van der Waals surface area contributed by atoms with Gasteiger partial charge in [-0.15, -0.1) is 4.91 Å². The Labute approximate surface area is 200 Å². The van der Waals surface area contributed by atoms with E-state index in [1.807, 2.05) is 19.9 Å². The van der Waals surface area contributed by atoms with Gasteiger partial charge in [-0.3, -0.25) is 15.5 Å². The second-order valence-corrected chi connectivity index (χ2v) is 8.85. The number of fused-ring (bicyclic) bond motifs is 1. The molecule has 178 valence electrons. The molecule has 0 aromatic heterocycles. The summed E-state index contributed by atoms with van der Waals surface area (Å²) >= 11 is 0.955. The summed E-state index contributed by atoms with van der Waals surface area (Å²) in [7, 11) is 2.90. The number of ether oxygens (including phenoxy) is 2. The molecule has 0 spiro atoms. The maximum atomic E-state index is 14.3. The molecule has 0 radical (unpaired) electrons. The highest BCUT2D eigenvalue weighted by Crippen LogP contribution is 2.50. The van der Waals surface area contributed by atoms with Crippen molar-refractivity contribution in [2.45, 2.75) is 25.5 Å². The van der Waals surface area contributed by atoms with Gasteiger partial charge in [-0.2, -0.15) is 0 Å². The quantitative estimate of drug-likeness (QED) is 0.189.